The molecule has 0 fully saturated rings. The van der Waals surface area contributed by atoms with Crippen molar-refractivity contribution in [2.75, 3.05) is 0 Å². The molecule has 0 radical (unpaired) electrons. The van der Waals surface area contributed by atoms with Crippen LogP contribution < -0.4 is 4.74 Å². The van der Waals surface area contributed by atoms with Gasteiger partial charge in [0.15, 0.2) is 0 Å². The molecule has 1 N–H and O–H groups in total. The third-order valence-corrected chi connectivity index (χ3v) is 3.64. The zero-order chi connectivity index (χ0) is 16.9. The summed E-state index contributed by atoms with van der Waals surface area (Å²) in [4.78, 5) is 11.5. The van der Waals surface area contributed by atoms with Gasteiger partial charge in [-0.25, -0.2) is 9.18 Å². The van der Waals surface area contributed by atoms with E-state index in [9.17, 15) is 14.3 Å². The minimum absolute atomic E-state index is 0.00619. The molecule has 0 atom stereocenters. The third kappa shape index (κ3) is 3.27. The smallest absolute Gasteiger partial charge is 0.339 e. The summed E-state index contributed by atoms with van der Waals surface area (Å²) in [6.07, 6.45) is 0. The van der Waals surface area contributed by atoms with Crippen molar-refractivity contribution >= 4 is 5.97 Å². The summed E-state index contributed by atoms with van der Waals surface area (Å²) < 4.78 is 19.9. The fraction of sp³-hybridized carbons (Fsp3) is 0.0500. The predicted molar refractivity (Wildman–Crippen MR) is 89.6 cm³/mol. The number of hydrogen-bond donors (Lipinski definition) is 1. The van der Waals surface area contributed by atoms with Crippen molar-refractivity contribution in [2.45, 2.75) is 6.61 Å². The lowest BCUT2D eigenvalue weighted by Gasteiger charge is -2.15. The largest absolute Gasteiger partial charge is 0.487 e. The summed E-state index contributed by atoms with van der Waals surface area (Å²) in [5.74, 6) is -1.38. The van der Waals surface area contributed by atoms with Crippen molar-refractivity contribution in [3.63, 3.8) is 0 Å². The molecule has 0 aliphatic carbocycles. The molecule has 0 spiro atoms. The molecule has 3 rings (SSSR count). The number of hydrogen-bond acceptors (Lipinski definition) is 2. The first-order valence-electron chi connectivity index (χ1n) is 7.45. The summed E-state index contributed by atoms with van der Waals surface area (Å²) >= 11 is 0. The van der Waals surface area contributed by atoms with Gasteiger partial charge in [0, 0.05) is 11.1 Å². The number of rotatable bonds is 5. The van der Waals surface area contributed by atoms with Gasteiger partial charge in [-0.15, -0.1) is 0 Å². The Morgan fingerprint density at radius 3 is 2.25 bits per heavy atom. The number of aromatic carboxylic acids is 1. The zero-order valence-corrected chi connectivity index (χ0v) is 12.8. The van der Waals surface area contributed by atoms with Gasteiger partial charge in [-0.1, -0.05) is 60.7 Å². The second-order valence-corrected chi connectivity index (χ2v) is 5.24. The molecule has 24 heavy (non-hydrogen) atoms. The average molecular weight is 322 g/mol. The van der Waals surface area contributed by atoms with Gasteiger partial charge in [0.1, 0.15) is 23.7 Å². The summed E-state index contributed by atoms with van der Waals surface area (Å²) in [5, 5.41) is 9.43. The molecule has 0 aliphatic heterocycles. The van der Waals surface area contributed by atoms with Crippen LogP contribution in [0.25, 0.3) is 11.1 Å². The predicted octanol–water partition coefficient (Wildman–Crippen LogP) is 4.77. The second-order valence-electron chi connectivity index (χ2n) is 5.24. The average Bonchev–Trinajstić information content (AvgIpc) is 2.61. The van der Waals surface area contributed by atoms with Crippen LogP contribution >= 0.6 is 0 Å². The topological polar surface area (TPSA) is 46.5 Å². The van der Waals surface area contributed by atoms with E-state index < -0.39 is 11.8 Å². The number of carbonyl (C=O) groups is 1. The number of carboxylic acid groups (broad SMARTS) is 1. The SMILES string of the molecule is O=C(O)c1cccc(-c2ccccc2F)c1OCc1ccccc1. The number of para-hydroxylation sites is 1. The molecule has 0 aliphatic rings. The van der Waals surface area contributed by atoms with Crippen molar-refractivity contribution in [3.8, 4) is 16.9 Å². The number of halogens is 1. The standard InChI is InChI=1S/C20H15FO3/c21-18-12-5-4-9-15(18)16-10-6-11-17(20(22)23)19(16)24-13-14-7-2-1-3-8-14/h1-12H,13H2,(H,22,23). The highest BCUT2D eigenvalue weighted by atomic mass is 19.1. The molecule has 4 heteroatoms. The van der Waals surface area contributed by atoms with Gasteiger partial charge < -0.3 is 9.84 Å². The maximum atomic E-state index is 14.1. The quantitative estimate of drug-likeness (QED) is 0.736. The molecule has 0 saturated heterocycles. The monoisotopic (exact) mass is 322 g/mol. The molecule has 0 unspecified atom stereocenters. The van der Waals surface area contributed by atoms with Crippen LogP contribution in [0.2, 0.25) is 0 Å². The van der Waals surface area contributed by atoms with E-state index in [1.54, 1.807) is 30.3 Å². The van der Waals surface area contributed by atoms with E-state index >= 15 is 0 Å². The van der Waals surface area contributed by atoms with Gasteiger partial charge in [0.2, 0.25) is 0 Å². The highest BCUT2D eigenvalue weighted by Gasteiger charge is 2.18. The lowest BCUT2D eigenvalue weighted by atomic mass is 10.0. The van der Waals surface area contributed by atoms with Crippen LogP contribution in [0, 0.1) is 5.82 Å². The molecule has 120 valence electrons. The fourth-order valence-electron chi connectivity index (χ4n) is 2.48. The minimum atomic E-state index is -1.11. The first-order valence-corrected chi connectivity index (χ1v) is 7.45. The van der Waals surface area contributed by atoms with Crippen LogP contribution in [0.15, 0.2) is 72.8 Å². The summed E-state index contributed by atoms with van der Waals surface area (Å²) in [5.41, 5.74) is 1.64. The molecular formula is C20H15FO3. The summed E-state index contributed by atoms with van der Waals surface area (Å²) in [7, 11) is 0. The molecular weight excluding hydrogens is 307 g/mol. The van der Waals surface area contributed by atoms with E-state index in [0.717, 1.165) is 5.56 Å². The second kappa shape index (κ2) is 6.96. The van der Waals surface area contributed by atoms with E-state index in [1.807, 2.05) is 30.3 Å². The fourth-order valence-corrected chi connectivity index (χ4v) is 2.48. The number of ether oxygens (including phenoxy) is 1. The van der Waals surface area contributed by atoms with Crippen molar-refractivity contribution in [1.82, 2.24) is 0 Å². The van der Waals surface area contributed by atoms with Crippen molar-refractivity contribution < 1.29 is 19.0 Å². The lowest BCUT2D eigenvalue weighted by Crippen LogP contribution is -2.05. The molecule has 3 nitrogen and oxygen atoms in total. The van der Waals surface area contributed by atoms with Gasteiger partial charge in [-0.05, 0) is 17.7 Å². The van der Waals surface area contributed by atoms with Crippen LogP contribution in [0.3, 0.4) is 0 Å². The van der Waals surface area contributed by atoms with Crippen molar-refractivity contribution in [2.24, 2.45) is 0 Å². The van der Waals surface area contributed by atoms with Crippen LogP contribution in [-0.4, -0.2) is 11.1 Å². The van der Waals surface area contributed by atoms with Crippen LogP contribution in [0.4, 0.5) is 4.39 Å². The first kappa shape index (κ1) is 15.7. The molecule has 0 heterocycles. The Bertz CT molecular complexity index is 860. The van der Waals surface area contributed by atoms with Crippen LogP contribution in [0.5, 0.6) is 5.75 Å². The normalized spacial score (nSPS) is 10.4. The maximum absolute atomic E-state index is 14.1. The number of benzene rings is 3. The van der Waals surface area contributed by atoms with Gasteiger partial charge in [-0.2, -0.15) is 0 Å². The molecule has 0 amide bonds. The molecule has 3 aromatic carbocycles. The number of carboxylic acids is 1. The highest BCUT2D eigenvalue weighted by molar-refractivity contribution is 5.94. The van der Waals surface area contributed by atoms with Crippen molar-refractivity contribution in [1.29, 1.82) is 0 Å². The summed E-state index contributed by atoms with van der Waals surface area (Å²) in [6.45, 7) is 0.201. The van der Waals surface area contributed by atoms with Crippen LogP contribution in [-0.2, 0) is 6.61 Å². The third-order valence-electron chi connectivity index (χ3n) is 3.64. The molecule has 0 saturated carbocycles. The zero-order valence-electron chi connectivity index (χ0n) is 12.8. The Kier molecular flexibility index (Phi) is 4.57. The van der Waals surface area contributed by atoms with Gasteiger partial charge in [0.25, 0.3) is 0 Å². The highest BCUT2D eigenvalue weighted by Crippen LogP contribution is 2.35. The van der Waals surface area contributed by atoms with E-state index in [4.69, 9.17) is 4.74 Å². The van der Waals surface area contributed by atoms with E-state index in [1.165, 1.54) is 12.1 Å². The van der Waals surface area contributed by atoms with Crippen molar-refractivity contribution in [3.05, 3.63) is 89.7 Å². The first-order chi connectivity index (χ1) is 11.7. The van der Waals surface area contributed by atoms with Gasteiger partial charge in [-0.3, -0.25) is 0 Å². The van der Waals surface area contributed by atoms with Gasteiger partial charge in [0.05, 0.1) is 0 Å². The Labute approximate surface area is 139 Å². The Morgan fingerprint density at radius 2 is 1.54 bits per heavy atom. The molecule has 0 bridgehead atoms. The minimum Gasteiger partial charge on any atom is -0.487 e. The maximum Gasteiger partial charge on any atom is 0.339 e. The Morgan fingerprint density at radius 1 is 0.875 bits per heavy atom. The van der Waals surface area contributed by atoms with Crippen LogP contribution in [0.1, 0.15) is 15.9 Å². The Hall–Kier alpha value is -3.14. The van der Waals surface area contributed by atoms with E-state index in [2.05, 4.69) is 0 Å². The molecule has 3 aromatic rings. The Balaban J connectivity index is 2.04. The van der Waals surface area contributed by atoms with E-state index in [-0.39, 0.29) is 17.9 Å². The van der Waals surface area contributed by atoms with E-state index in [0.29, 0.717) is 11.1 Å². The van der Waals surface area contributed by atoms with Gasteiger partial charge >= 0.3 is 5.97 Å². The molecule has 0 aromatic heterocycles. The summed E-state index contributed by atoms with van der Waals surface area (Å²) in [6, 6.07) is 20.3. The lowest BCUT2D eigenvalue weighted by molar-refractivity contribution is 0.0692.